The summed E-state index contributed by atoms with van der Waals surface area (Å²) in [4.78, 5) is 0. The summed E-state index contributed by atoms with van der Waals surface area (Å²) in [6, 6.07) is 3.05. The van der Waals surface area contributed by atoms with E-state index in [1.165, 1.54) is 44.2 Å². The molecule has 19 heavy (non-hydrogen) atoms. The second kappa shape index (κ2) is 9.15. The first-order chi connectivity index (χ1) is 9.00. The van der Waals surface area contributed by atoms with Crippen molar-refractivity contribution in [1.82, 2.24) is 0 Å². The van der Waals surface area contributed by atoms with E-state index in [-0.39, 0.29) is 4.63 Å². The molecule has 1 aromatic rings. The largest absolute Gasteiger partial charge is 0.273 e. The van der Waals surface area contributed by atoms with E-state index in [1.807, 2.05) is 0 Å². The maximum absolute atomic E-state index is 5.83. The van der Waals surface area contributed by atoms with Gasteiger partial charge in [-0.2, -0.15) is 5.10 Å². The molecule has 0 aliphatic heterocycles. The number of hydrogen-bond donors (Lipinski definition) is 1. The lowest BCUT2D eigenvalue weighted by Crippen LogP contribution is -1.92. The molecule has 1 saturated carbocycles. The molecular weight excluding hydrogens is 349 g/mol. The maximum Gasteiger partial charge on any atom is 0.215 e. The highest BCUT2D eigenvalue weighted by Crippen LogP contribution is 2.33. The molecular formula is C12H13Cl5N2. The van der Waals surface area contributed by atoms with Gasteiger partial charge in [0.25, 0.3) is 0 Å². The Labute approximate surface area is 138 Å². The molecule has 1 aliphatic carbocycles. The average Bonchev–Trinajstić information content (AvgIpc) is 2.85. The summed E-state index contributed by atoms with van der Waals surface area (Å²) in [5, 5.41) is 4.64. The van der Waals surface area contributed by atoms with Gasteiger partial charge in [-0.05, 0) is 35.3 Å². The fraction of sp³-hybridized carbons (Fsp3) is 0.417. The first-order valence-corrected chi connectivity index (χ1v) is 7.69. The molecule has 0 radical (unpaired) electrons. The molecule has 7 heteroatoms. The molecule has 2 rings (SSSR count). The number of benzene rings is 1. The molecule has 1 aromatic carbocycles. The van der Waals surface area contributed by atoms with Crippen molar-refractivity contribution in [3.05, 3.63) is 27.2 Å². The number of hydrazone groups is 1. The Morgan fingerprint density at radius 2 is 1.32 bits per heavy atom. The van der Waals surface area contributed by atoms with Crippen LogP contribution in [0.15, 0.2) is 17.2 Å². The monoisotopic (exact) mass is 360 g/mol. The van der Waals surface area contributed by atoms with Gasteiger partial charge in [0.1, 0.15) is 0 Å². The topological polar surface area (TPSA) is 24.4 Å². The van der Waals surface area contributed by atoms with Gasteiger partial charge in [-0.25, -0.2) is 0 Å². The number of nitrogens with one attached hydrogen (secondary N) is 1. The van der Waals surface area contributed by atoms with E-state index in [4.69, 9.17) is 58.0 Å². The molecule has 2 nitrogen and oxygen atoms in total. The van der Waals surface area contributed by atoms with E-state index >= 15 is 0 Å². The van der Waals surface area contributed by atoms with Crippen LogP contribution in [0.2, 0.25) is 15.1 Å². The molecule has 0 aromatic heterocycles. The van der Waals surface area contributed by atoms with E-state index < -0.39 is 0 Å². The molecule has 0 heterocycles. The molecule has 0 bridgehead atoms. The van der Waals surface area contributed by atoms with Gasteiger partial charge in [-0.1, -0.05) is 66.9 Å². The third kappa shape index (κ3) is 6.92. The van der Waals surface area contributed by atoms with Crippen molar-refractivity contribution in [2.75, 3.05) is 5.43 Å². The molecule has 0 atom stereocenters. The van der Waals surface area contributed by atoms with Gasteiger partial charge < -0.3 is 0 Å². The highest BCUT2D eigenvalue weighted by atomic mass is 35.5. The Balaban J connectivity index is 0.000000300. The molecule has 0 unspecified atom stereocenters. The van der Waals surface area contributed by atoms with E-state index in [9.17, 15) is 0 Å². The van der Waals surface area contributed by atoms with Crippen molar-refractivity contribution in [3.63, 3.8) is 0 Å². The standard InChI is InChI=1S/C7H3Cl5N2.C5H10/c8-3-1-4(9)6(5(10)2-3)13-14-7(11)12;1-2-4-5-3-1/h1-2,13H;1-5H2. The second-order valence-corrected chi connectivity index (χ2v) is 6.14. The fourth-order valence-corrected chi connectivity index (χ4v) is 2.62. The van der Waals surface area contributed by atoms with E-state index in [0.717, 1.165) is 0 Å². The van der Waals surface area contributed by atoms with Gasteiger partial charge in [0, 0.05) is 5.02 Å². The van der Waals surface area contributed by atoms with Crippen molar-refractivity contribution in [1.29, 1.82) is 0 Å². The van der Waals surface area contributed by atoms with Crippen LogP contribution in [0.5, 0.6) is 0 Å². The van der Waals surface area contributed by atoms with Gasteiger partial charge in [0.2, 0.25) is 4.63 Å². The summed E-state index contributed by atoms with van der Waals surface area (Å²) in [7, 11) is 0. The van der Waals surface area contributed by atoms with Crippen LogP contribution in [-0.4, -0.2) is 4.63 Å². The van der Waals surface area contributed by atoms with E-state index in [1.54, 1.807) is 0 Å². The molecule has 0 saturated heterocycles. The van der Waals surface area contributed by atoms with Gasteiger partial charge in [-0.15, -0.1) is 0 Å². The zero-order chi connectivity index (χ0) is 14.3. The van der Waals surface area contributed by atoms with Crippen molar-refractivity contribution in [2.24, 2.45) is 5.10 Å². The molecule has 0 amide bonds. The van der Waals surface area contributed by atoms with E-state index in [0.29, 0.717) is 20.8 Å². The minimum absolute atomic E-state index is 0.174. The summed E-state index contributed by atoms with van der Waals surface area (Å²) < 4.78 is -0.174. The van der Waals surface area contributed by atoms with Gasteiger partial charge >= 0.3 is 0 Å². The Morgan fingerprint density at radius 3 is 1.68 bits per heavy atom. The minimum Gasteiger partial charge on any atom is -0.273 e. The normalized spacial score (nSPS) is 13.5. The van der Waals surface area contributed by atoms with Crippen molar-refractivity contribution in [3.8, 4) is 0 Å². The lowest BCUT2D eigenvalue weighted by Gasteiger charge is -2.05. The number of nitrogens with zero attached hydrogens (tertiary/aromatic N) is 1. The Kier molecular flexibility index (Phi) is 8.27. The van der Waals surface area contributed by atoms with Crippen LogP contribution in [-0.2, 0) is 0 Å². The smallest absolute Gasteiger partial charge is 0.215 e. The maximum atomic E-state index is 5.83. The SMILES string of the molecule is C1CCCC1.ClC(Cl)=NNc1c(Cl)cc(Cl)cc1Cl. The third-order valence-electron chi connectivity index (χ3n) is 2.51. The first-order valence-electron chi connectivity index (χ1n) is 5.80. The highest BCUT2D eigenvalue weighted by molar-refractivity contribution is 6.95. The Hall–Kier alpha value is 0.140. The second-order valence-electron chi connectivity index (χ2n) is 3.98. The fourth-order valence-electron chi connectivity index (χ4n) is 1.63. The van der Waals surface area contributed by atoms with Crippen LogP contribution in [0, 0.1) is 0 Å². The average molecular weight is 363 g/mol. The third-order valence-corrected chi connectivity index (χ3v) is 3.49. The van der Waals surface area contributed by atoms with Crippen LogP contribution in [0.3, 0.4) is 0 Å². The quantitative estimate of drug-likeness (QED) is 0.456. The summed E-state index contributed by atoms with van der Waals surface area (Å²) in [5.74, 6) is 0. The van der Waals surface area contributed by atoms with Crippen LogP contribution in [0.25, 0.3) is 0 Å². The zero-order valence-corrected chi connectivity index (χ0v) is 13.8. The van der Waals surface area contributed by atoms with Gasteiger partial charge in [0.05, 0.1) is 15.7 Å². The number of rotatable bonds is 2. The lowest BCUT2D eigenvalue weighted by atomic mass is 10.3. The number of anilines is 1. The highest BCUT2D eigenvalue weighted by Gasteiger charge is 2.06. The zero-order valence-electron chi connectivity index (χ0n) is 10.0. The molecule has 106 valence electrons. The summed E-state index contributed by atoms with van der Waals surface area (Å²) in [6.07, 6.45) is 7.50. The van der Waals surface area contributed by atoms with Crippen molar-refractivity contribution >= 4 is 68.3 Å². The molecule has 1 aliphatic rings. The Bertz CT molecular complexity index is 409. The summed E-state index contributed by atoms with van der Waals surface area (Å²) in [5.41, 5.74) is 2.91. The predicted octanol–water partition coefficient (Wildman–Crippen LogP) is 6.76. The first kappa shape index (κ1) is 17.2. The van der Waals surface area contributed by atoms with Crippen LogP contribution < -0.4 is 5.43 Å². The molecule has 0 spiro atoms. The van der Waals surface area contributed by atoms with Crippen LogP contribution in [0.4, 0.5) is 5.69 Å². The number of halogens is 5. The minimum atomic E-state index is -0.174. The van der Waals surface area contributed by atoms with Gasteiger partial charge in [0.15, 0.2) is 0 Å². The van der Waals surface area contributed by atoms with Crippen LogP contribution >= 0.6 is 58.0 Å². The van der Waals surface area contributed by atoms with Gasteiger partial charge in [-0.3, -0.25) is 5.43 Å². The van der Waals surface area contributed by atoms with Crippen molar-refractivity contribution in [2.45, 2.75) is 32.1 Å². The predicted molar refractivity (Wildman–Crippen MR) is 87.3 cm³/mol. The lowest BCUT2D eigenvalue weighted by molar-refractivity contribution is 0.886. The Morgan fingerprint density at radius 1 is 0.895 bits per heavy atom. The summed E-state index contributed by atoms with van der Waals surface area (Å²) >= 11 is 28.0. The number of hydrogen-bond acceptors (Lipinski definition) is 2. The molecule has 1 N–H and O–H groups in total. The van der Waals surface area contributed by atoms with Crippen LogP contribution in [0.1, 0.15) is 32.1 Å². The van der Waals surface area contributed by atoms with E-state index in [2.05, 4.69) is 10.5 Å². The van der Waals surface area contributed by atoms with Crippen molar-refractivity contribution < 1.29 is 0 Å². The molecule has 1 fully saturated rings. The summed E-state index contributed by atoms with van der Waals surface area (Å²) in [6.45, 7) is 0.